The Morgan fingerprint density at radius 2 is 0.600 bits per heavy atom. The normalized spacial score (nSPS) is 14.1. The molecular formula is C64H70Br2S4. The van der Waals surface area contributed by atoms with Crippen molar-refractivity contribution in [2.24, 2.45) is 0 Å². The third-order valence-electron chi connectivity index (χ3n) is 15.7. The van der Waals surface area contributed by atoms with Gasteiger partial charge in [0.25, 0.3) is 0 Å². The van der Waals surface area contributed by atoms with E-state index in [1.165, 1.54) is 206 Å². The molecule has 0 amide bonds. The molecule has 10 rings (SSSR count). The van der Waals surface area contributed by atoms with Crippen molar-refractivity contribution in [1.82, 2.24) is 0 Å². The molecule has 8 aromatic rings. The molecule has 0 saturated carbocycles. The van der Waals surface area contributed by atoms with Crippen molar-refractivity contribution in [1.29, 1.82) is 0 Å². The number of hydrogen-bond donors (Lipinski definition) is 0. The molecule has 0 radical (unpaired) electrons. The quantitative estimate of drug-likeness (QED) is 0.0529. The molecule has 4 aromatic carbocycles. The van der Waals surface area contributed by atoms with Crippen molar-refractivity contribution in [3.05, 3.63) is 184 Å². The molecule has 2 aliphatic carbocycles. The summed E-state index contributed by atoms with van der Waals surface area (Å²) < 4.78 is 5.36. The fourth-order valence-electron chi connectivity index (χ4n) is 12.1. The average molecular weight is 1130 g/mol. The molecular weight excluding hydrogens is 1060 g/mol. The maximum Gasteiger partial charge on any atom is 0.0745 e. The maximum atomic E-state index is 4.08. The van der Waals surface area contributed by atoms with E-state index in [1.54, 1.807) is 0 Å². The van der Waals surface area contributed by atoms with Gasteiger partial charge in [-0.2, -0.15) is 0 Å². The lowest BCUT2D eigenvalue weighted by atomic mass is 9.67. The van der Waals surface area contributed by atoms with E-state index in [4.69, 9.17) is 0 Å². The van der Waals surface area contributed by atoms with Crippen molar-refractivity contribution < 1.29 is 0 Å². The Bertz CT molecular complexity index is 2680. The van der Waals surface area contributed by atoms with E-state index in [2.05, 4.69) is 191 Å². The van der Waals surface area contributed by atoms with Crippen LogP contribution in [-0.2, 0) is 36.5 Å². The third-order valence-corrected chi connectivity index (χ3v) is 21.9. The highest BCUT2D eigenvalue weighted by atomic mass is 79.9. The Morgan fingerprint density at radius 3 is 0.857 bits per heavy atom. The molecule has 2 aliphatic rings. The van der Waals surface area contributed by atoms with Gasteiger partial charge in [-0.15, -0.1) is 45.3 Å². The number of halogens is 2. The number of benzene rings is 4. The monoisotopic (exact) mass is 1120 g/mol. The van der Waals surface area contributed by atoms with Gasteiger partial charge in [0, 0.05) is 11.1 Å². The fourth-order valence-corrected chi connectivity index (χ4v) is 18.8. The standard InChI is InChI=1S/C64H70Br2S4/c1-5-9-13-17-21-43-25-33-47(34-26-43)63(48-35-27-44(28-36-48)22-18-14-10-6-2)51-41-53(65)67-57(51)59-55(63)61-62(69-59)56-60(70-61)58-52(42-54(66)68-58)64(56,49-37-29-45(30-38-49)23-19-15-11-7-3)50-39-31-46(32-40-50)24-20-16-12-8-4/h25-42H,5-24H2,1-4H3. The Labute approximate surface area is 452 Å². The second kappa shape index (κ2) is 22.6. The topological polar surface area (TPSA) is 0 Å². The van der Waals surface area contributed by atoms with Crippen LogP contribution < -0.4 is 0 Å². The molecule has 0 unspecified atom stereocenters. The second-order valence-corrected chi connectivity index (χ2v) is 27.3. The number of aryl methyl sites for hydroxylation is 4. The molecule has 0 fully saturated rings. The lowest BCUT2D eigenvalue weighted by Crippen LogP contribution is -2.29. The van der Waals surface area contributed by atoms with Gasteiger partial charge < -0.3 is 0 Å². The summed E-state index contributed by atoms with van der Waals surface area (Å²) in [4.78, 5) is 5.77. The number of unbranched alkanes of at least 4 members (excludes halogenated alkanes) is 12. The highest BCUT2D eigenvalue weighted by Gasteiger charge is 2.55. The van der Waals surface area contributed by atoms with E-state index in [0.29, 0.717) is 0 Å². The van der Waals surface area contributed by atoms with Gasteiger partial charge in [-0.1, -0.05) is 202 Å². The summed E-state index contributed by atoms with van der Waals surface area (Å²) in [5.74, 6) is 0. The smallest absolute Gasteiger partial charge is 0.0745 e. The molecule has 0 saturated heterocycles. The number of rotatable bonds is 24. The fraction of sp³-hybridized carbons (Fsp3) is 0.406. The molecule has 0 spiro atoms. The summed E-state index contributed by atoms with van der Waals surface area (Å²) in [7, 11) is 0. The molecule has 364 valence electrons. The first-order valence-corrected chi connectivity index (χ1v) is 31.8. The SMILES string of the molecule is CCCCCCc1ccc(C2(c3ccc(CCCCCC)cc3)c3cc(Br)sc3-c3sc4c5c(sc4c32)-c2sc(Br)cc2C5(c2ccc(CCCCCC)cc2)c2ccc(CCCCCC)cc2)cc1. The highest BCUT2D eigenvalue weighted by Crippen LogP contribution is 2.70. The van der Waals surface area contributed by atoms with Gasteiger partial charge in [0.05, 0.1) is 47.3 Å². The minimum Gasteiger partial charge on any atom is -0.133 e. The van der Waals surface area contributed by atoms with E-state index >= 15 is 0 Å². The Balaban J connectivity index is 1.19. The molecule has 70 heavy (non-hydrogen) atoms. The lowest BCUT2D eigenvalue weighted by Gasteiger charge is -2.34. The number of fused-ring (bicyclic) bond motifs is 9. The molecule has 0 N–H and O–H groups in total. The highest BCUT2D eigenvalue weighted by molar-refractivity contribution is 9.11. The first-order chi connectivity index (χ1) is 34.4. The van der Waals surface area contributed by atoms with Crippen LogP contribution in [-0.4, -0.2) is 0 Å². The molecule has 0 aliphatic heterocycles. The average Bonchev–Trinajstić information content (AvgIpc) is 4.22. The molecule has 0 bridgehead atoms. The van der Waals surface area contributed by atoms with Gasteiger partial charge in [-0.3, -0.25) is 0 Å². The van der Waals surface area contributed by atoms with Gasteiger partial charge in [-0.05, 0) is 151 Å². The minimum atomic E-state index is -0.452. The predicted octanol–water partition coefficient (Wildman–Crippen LogP) is 21.8. The summed E-state index contributed by atoms with van der Waals surface area (Å²) in [5.41, 5.74) is 16.3. The van der Waals surface area contributed by atoms with Crippen molar-refractivity contribution in [3.8, 4) is 19.5 Å². The first-order valence-electron chi connectivity index (χ1n) is 26.9. The van der Waals surface area contributed by atoms with E-state index in [0.717, 1.165) is 25.7 Å². The van der Waals surface area contributed by atoms with E-state index < -0.39 is 10.8 Å². The van der Waals surface area contributed by atoms with Gasteiger partial charge in [0.2, 0.25) is 0 Å². The minimum absolute atomic E-state index is 0.452. The number of thiophene rings is 4. The zero-order valence-corrected chi connectivity index (χ0v) is 48.4. The van der Waals surface area contributed by atoms with Crippen LogP contribution in [0.2, 0.25) is 0 Å². The van der Waals surface area contributed by atoms with Crippen LogP contribution >= 0.6 is 77.2 Å². The summed E-state index contributed by atoms with van der Waals surface area (Å²) in [6, 6.07) is 44.7. The van der Waals surface area contributed by atoms with Crippen molar-refractivity contribution in [2.45, 2.75) is 167 Å². The molecule has 0 atom stereocenters. The largest absolute Gasteiger partial charge is 0.133 e. The zero-order chi connectivity index (χ0) is 48.2. The number of hydrogen-bond acceptors (Lipinski definition) is 4. The Kier molecular flexibility index (Phi) is 16.3. The lowest BCUT2D eigenvalue weighted by molar-refractivity contribution is 0.666. The Hall–Kier alpha value is -3.10. The van der Waals surface area contributed by atoms with Crippen molar-refractivity contribution in [2.75, 3.05) is 0 Å². The van der Waals surface area contributed by atoms with Crippen LogP contribution in [0.15, 0.2) is 117 Å². The summed E-state index contributed by atoms with van der Waals surface area (Å²) in [6.45, 7) is 9.23. The van der Waals surface area contributed by atoms with Crippen LogP contribution in [0.5, 0.6) is 0 Å². The van der Waals surface area contributed by atoms with Crippen LogP contribution in [0.4, 0.5) is 0 Å². The van der Waals surface area contributed by atoms with Crippen molar-refractivity contribution in [3.63, 3.8) is 0 Å². The summed E-state index contributed by atoms with van der Waals surface area (Å²) in [6.07, 6.45) is 25.1. The summed E-state index contributed by atoms with van der Waals surface area (Å²) >= 11 is 16.2. The third kappa shape index (κ3) is 9.29. The summed E-state index contributed by atoms with van der Waals surface area (Å²) in [5, 5.41) is 0. The van der Waals surface area contributed by atoms with Crippen LogP contribution in [0, 0.1) is 0 Å². The van der Waals surface area contributed by atoms with Crippen LogP contribution in [0.3, 0.4) is 0 Å². The van der Waals surface area contributed by atoms with Crippen LogP contribution in [0.25, 0.3) is 28.9 Å². The van der Waals surface area contributed by atoms with Crippen LogP contribution in [0.1, 0.15) is 197 Å². The molecule has 4 aromatic heterocycles. The van der Waals surface area contributed by atoms with Gasteiger partial charge in [0.1, 0.15) is 0 Å². The zero-order valence-electron chi connectivity index (χ0n) is 41.9. The molecule has 6 heteroatoms. The van der Waals surface area contributed by atoms with Gasteiger partial charge in [0.15, 0.2) is 0 Å². The molecule has 0 nitrogen and oxygen atoms in total. The van der Waals surface area contributed by atoms with E-state index in [-0.39, 0.29) is 0 Å². The van der Waals surface area contributed by atoms with Crippen molar-refractivity contribution >= 4 is 86.6 Å². The van der Waals surface area contributed by atoms with E-state index in [1.807, 2.05) is 22.7 Å². The maximum absolute atomic E-state index is 4.08. The van der Waals surface area contributed by atoms with Gasteiger partial charge >= 0.3 is 0 Å². The molecule has 4 heterocycles. The second-order valence-electron chi connectivity index (χ2n) is 20.4. The predicted molar refractivity (Wildman–Crippen MR) is 317 cm³/mol. The van der Waals surface area contributed by atoms with Gasteiger partial charge in [-0.25, -0.2) is 0 Å². The first kappa shape index (κ1) is 50.4. The van der Waals surface area contributed by atoms with E-state index in [9.17, 15) is 0 Å². The Morgan fingerprint density at radius 1 is 0.329 bits per heavy atom.